The predicted molar refractivity (Wildman–Crippen MR) is 90.2 cm³/mol. The first-order valence-electron chi connectivity index (χ1n) is 7.11. The van der Waals surface area contributed by atoms with Crippen molar-refractivity contribution < 1.29 is 13.9 Å². The molecule has 0 aliphatic carbocycles. The topological polar surface area (TPSA) is 69.0 Å². The van der Waals surface area contributed by atoms with Crippen molar-refractivity contribution in [2.24, 2.45) is 7.05 Å². The van der Waals surface area contributed by atoms with Gasteiger partial charge in [-0.3, -0.25) is 14.8 Å². The normalized spacial score (nSPS) is 10.8. The Kier molecular flexibility index (Phi) is 4.68. The zero-order valence-electron chi connectivity index (χ0n) is 13.1. The van der Waals surface area contributed by atoms with Crippen LogP contribution in [0, 0.1) is 5.82 Å². The molecular formula is C16H15FN4O2S. The van der Waals surface area contributed by atoms with E-state index >= 15 is 0 Å². The van der Waals surface area contributed by atoms with Gasteiger partial charge in [0.25, 0.3) is 5.91 Å². The zero-order valence-corrected chi connectivity index (χ0v) is 13.9. The van der Waals surface area contributed by atoms with Crippen LogP contribution >= 0.6 is 11.3 Å². The lowest BCUT2D eigenvalue weighted by Crippen LogP contribution is -2.16. The molecule has 2 heterocycles. The molecule has 0 aliphatic rings. The number of methoxy groups -OCH3 is 1. The third kappa shape index (κ3) is 3.50. The first-order chi connectivity index (χ1) is 11.6. The van der Waals surface area contributed by atoms with Crippen LogP contribution in [0.15, 0.2) is 35.8 Å². The van der Waals surface area contributed by atoms with Crippen LogP contribution in [-0.4, -0.2) is 34.4 Å². The van der Waals surface area contributed by atoms with Gasteiger partial charge in [-0.05, 0) is 24.3 Å². The van der Waals surface area contributed by atoms with E-state index < -0.39 is 0 Å². The molecule has 3 rings (SSSR count). The smallest absolute Gasteiger partial charge is 0.252 e. The fraction of sp³-hybridized carbons (Fsp3) is 0.188. The number of benzene rings is 1. The van der Waals surface area contributed by atoms with E-state index in [1.165, 1.54) is 30.6 Å². The third-order valence-electron chi connectivity index (χ3n) is 3.25. The Morgan fingerprint density at radius 2 is 2.12 bits per heavy atom. The molecule has 0 bridgehead atoms. The first-order valence-corrected chi connectivity index (χ1v) is 7.99. The van der Waals surface area contributed by atoms with Gasteiger partial charge in [-0.2, -0.15) is 5.10 Å². The molecule has 3 aromatic rings. The molecule has 0 spiro atoms. The van der Waals surface area contributed by atoms with Crippen molar-refractivity contribution in [3.63, 3.8) is 0 Å². The maximum Gasteiger partial charge on any atom is 0.252 e. The SMILES string of the molecule is COCC(=O)Nc1nc(-c2cn(C)nc2-c2ccc(F)cc2)cs1. The standard InChI is InChI=1S/C16H15FN4O2S/c1-21-7-12(15(20-21)10-3-5-11(17)6-4-10)13-9-24-16(18-13)19-14(22)8-23-2/h3-7,9H,8H2,1-2H3,(H,18,19,22). The predicted octanol–water partition coefficient (Wildman–Crippen LogP) is 2.93. The quantitative estimate of drug-likeness (QED) is 0.771. The van der Waals surface area contributed by atoms with E-state index in [1.807, 2.05) is 18.6 Å². The lowest BCUT2D eigenvalue weighted by Gasteiger charge is -2.01. The summed E-state index contributed by atoms with van der Waals surface area (Å²) in [5.41, 5.74) is 3.01. The number of thiazole rings is 1. The maximum absolute atomic E-state index is 13.1. The van der Waals surface area contributed by atoms with E-state index in [2.05, 4.69) is 15.4 Å². The minimum absolute atomic E-state index is 0.0252. The summed E-state index contributed by atoms with van der Waals surface area (Å²) in [5.74, 6) is -0.559. The fourth-order valence-corrected chi connectivity index (χ4v) is 2.96. The van der Waals surface area contributed by atoms with Gasteiger partial charge in [0.15, 0.2) is 5.13 Å². The van der Waals surface area contributed by atoms with Gasteiger partial charge in [0.2, 0.25) is 0 Å². The van der Waals surface area contributed by atoms with E-state index in [0.29, 0.717) is 16.5 Å². The number of carbonyl (C=O) groups excluding carboxylic acids is 1. The Bertz CT molecular complexity index is 857. The highest BCUT2D eigenvalue weighted by Gasteiger charge is 2.16. The zero-order chi connectivity index (χ0) is 17.1. The average Bonchev–Trinajstić information content (AvgIpc) is 3.15. The lowest BCUT2D eigenvalue weighted by atomic mass is 10.1. The number of halogens is 1. The number of aromatic nitrogens is 3. The number of rotatable bonds is 5. The molecule has 124 valence electrons. The highest BCUT2D eigenvalue weighted by molar-refractivity contribution is 7.14. The highest BCUT2D eigenvalue weighted by atomic mass is 32.1. The van der Waals surface area contributed by atoms with Crippen molar-refractivity contribution in [1.82, 2.24) is 14.8 Å². The Morgan fingerprint density at radius 3 is 2.83 bits per heavy atom. The highest BCUT2D eigenvalue weighted by Crippen LogP contribution is 2.32. The summed E-state index contributed by atoms with van der Waals surface area (Å²) in [6.07, 6.45) is 1.84. The minimum Gasteiger partial charge on any atom is -0.375 e. The minimum atomic E-state index is -0.298. The van der Waals surface area contributed by atoms with Crippen LogP contribution in [-0.2, 0) is 16.6 Å². The summed E-state index contributed by atoms with van der Waals surface area (Å²) in [6.45, 7) is -0.0252. The second-order valence-electron chi connectivity index (χ2n) is 5.09. The Hall–Kier alpha value is -2.58. The van der Waals surface area contributed by atoms with Crippen LogP contribution < -0.4 is 5.32 Å². The van der Waals surface area contributed by atoms with Crippen molar-refractivity contribution in [1.29, 1.82) is 0 Å². The van der Waals surface area contributed by atoms with Gasteiger partial charge in [0, 0.05) is 36.9 Å². The number of hydrogen-bond donors (Lipinski definition) is 1. The molecule has 0 unspecified atom stereocenters. The molecule has 1 N–H and O–H groups in total. The molecule has 0 saturated carbocycles. The molecule has 0 fully saturated rings. The van der Waals surface area contributed by atoms with E-state index in [-0.39, 0.29) is 18.3 Å². The van der Waals surface area contributed by atoms with Crippen LogP contribution in [0.5, 0.6) is 0 Å². The average molecular weight is 346 g/mol. The van der Waals surface area contributed by atoms with Gasteiger partial charge < -0.3 is 4.74 Å². The monoisotopic (exact) mass is 346 g/mol. The third-order valence-corrected chi connectivity index (χ3v) is 4.01. The van der Waals surface area contributed by atoms with Crippen molar-refractivity contribution in [3.05, 3.63) is 41.7 Å². The lowest BCUT2D eigenvalue weighted by molar-refractivity contribution is -0.119. The number of nitrogens with one attached hydrogen (secondary N) is 1. The summed E-state index contributed by atoms with van der Waals surface area (Å²) in [7, 11) is 3.27. The number of hydrogen-bond acceptors (Lipinski definition) is 5. The molecule has 1 aromatic carbocycles. The van der Waals surface area contributed by atoms with Gasteiger partial charge in [0.1, 0.15) is 18.1 Å². The van der Waals surface area contributed by atoms with Crippen LogP contribution in [0.4, 0.5) is 9.52 Å². The Morgan fingerprint density at radius 1 is 1.38 bits per heavy atom. The fourth-order valence-electron chi connectivity index (χ4n) is 2.24. The molecule has 24 heavy (non-hydrogen) atoms. The van der Waals surface area contributed by atoms with E-state index in [1.54, 1.807) is 16.8 Å². The number of ether oxygens (including phenoxy) is 1. The maximum atomic E-state index is 13.1. The summed E-state index contributed by atoms with van der Waals surface area (Å²) < 4.78 is 19.6. The second-order valence-corrected chi connectivity index (χ2v) is 5.95. The largest absolute Gasteiger partial charge is 0.375 e. The molecule has 2 aromatic heterocycles. The van der Waals surface area contributed by atoms with Crippen molar-refractivity contribution in [2.75, 3.05) is 19.0 Å². The van der Waals surface area contributed by atoms with Gasteiger partial charge >= 0.3 is 0 Å². The summed E-state index contributed by atoms with van der Waals surface area (Å²) >= 11 is 1.32. The summed E-state index contributed by atoms with van der Waals surface area (Å²) in [6, 6.07) is 6.14. The van der Waals surface area contributed by atoms with Gasteiger partial charge in [0.05, 0.1) is 5.69 Å². The Balaban J connectivity index is 1.91. The van der Waals surface area contributed by atoms with Crippen LogP contribution in [0.1, 0.15) is 0 Å². The van der Waals surface area contributed by atoms with Gasteiger partial charge in [-0.1, -0.05) is 0 Å². The Labute approximate surface area is 141 Å². The molecule has 8 heteroatoms. The van der Waals surface area contributed by atoms with Crippen molar-refractivity contribution in [2.45, 2.75) is 0 Å². The molecular weight excluding hydrogens is 331 g/mol. The number of carbonyl (C=O) groups is 1. The van der Waals surface area contributed by atoms with Crippen LogP contribution in [0.2, 0.25) is 0 Å². The number of nitrogens with zero attached hydrogens (tertiary/aromatic N) is 3. The molecule has 0 atom stereocenters. The number of anilines is 1. The first kappa shape index (κ1) is 16.3. The molecule has 0 radical (unpaired) electrons. The van der Waals surface area contributed by atoms with Gasteiger partial charge in [-0.25, -0.2) is 9.37 Å². The molecule has 0 saturated heterocycles. The summed E-state index contributed by atoms with van der Waals surface area (Å²) in [5, 5.41) is 9.44. The van der Waals surface area contributed by atoms with E-state index in [9.17, 15) is 9.18 Å². The number of amides is 1. The van der Waals surface area contributed by atoms with E-state index in [0.717, 1.165) is 11.1 Å². The summed E-state index contributed by atoms with van der Waals surface area (Å²) in [4.78, 5) is 16.0. The van der Waals surface area contributed by atoms with Crippen molar-refractivity contribution >= 4 is 22.4 Å². The van der Waals surface area contributed by atoms with Gasteiger partial charge in [-0.15, -0.1) is 11.3 Å². The number of aryl methyl sites for hydroxylation is 1. The van der Waals surface area contributed by atoms with Crippen LogP contribution in [0.25, 0.3) is 22.5 Å². The van der Waals surface area contributed by atoms with Crippen molar-refractivity contribution in [3.8, 4) is 22.5 Å². The molecule has 6 nitrogen and oxygen atoms in total. The molecule has 1 amide bonds. The van der Waals surface area contributed by atoms with Crippen LogP contribution in [0.3, 0.4) is 0 Å². The molecule has 0 aliphatic heterocycles. The van der Waals surface area contributed by atoms with E-state index in [4.69, 9.17) is 4.74 Å². The second kappa shape index (κ2) is 6.90.